The van der Waals surface area contributed by atoms with Crippen LogP contribution in [-0.4, -0.2) is 104 Å². The van der Waals surface area contributed by atoms with Gasteiger partial charge >= 0.3 is 16.4 Å². The van der Waals surface area contributed by atoms with Crippen molar-refractivity contribution in [2.45, 2.75) is 17.7 Å². The number of hydrogen-bond donors (Lipinski definition) is 8. The number of rotatable bonds is 5. The number of carboxylic acids is 1. The van der Waals surface area contributed by atoms with Gasteiger partial charge in [0.05, 0.1) is 29.2 Å². The lowest BCUT2D eigenvalue weighted by atomic mass is 9.55. The van der Waals surface area contributed by atoms with E-state index in [9.17, 15) is 53.1 Å². The lowest BCUT2D eigenvalue weighted by molar-refractivity contribution is -0.166. The summed E-state index contributed by atoms with van der Waals surface area (Å²) in [6.45, 7) is 3.91. The molecule has 17 heteroatoms. The number of ketones is 2. The summed E-state index contributed by atoms with van der Waals surface area (Å²) >= 11 is 0. The van der Waals surface area contributed by atoms with Gasteiger partial charge in [-0.2, -0.15) is 8.42 Å². The summed E-state index contributed by atoms with van der Waals surface area (Å²) in [7, 11) is -1.82. The van der Waals surface area contributed by atoms with Crippen molar-refractivity contribution < 1.29 is 67.0 Å². The lowest BCUT2D eigenvalue weighted by Crippen LogP contribution is -2.70. The fourth-order valence-electron chi connectivity index (χ4n) is 6.04. The van der Waals surface area contributed by atoms with E-state index in [0.29, 0.717) is 0 Å². The highest BCUT2D eigenvalue weighted by molar-refractivity contribution is 7.81. The number of phenolic OH excluding ortho intramolecular Hbond substituents is 1. The zero-order valence-corrected chi connectivity index (χ0v) is 24.8. The fraction of sp³-hybridized carbons (Fsp3) is 0.241. The summed E-state index contributed by atoms with van der Waals surface area (Å²) in [5.41, 5.74) is 0.822. The molecule has 0 heterocycles. The molecule has 16 nitrogen and oxygen atoms in total. The number of aromatic hydroxyl groups is 1. The number of carbonyl (C=O) groups excluding carboxylic acids is 3. The van der Waals surface area contributed by atoms with Crippen LogP contribution in [0.5, 0.6) is 11.5 Å². The van der Waals surface area contributed by atoms with Crippen LogP contribution < -0.4 is 9.92 Å². The predicted molar refractivity (Wildman–Crippen MR) is 157 cm³/mol. The molecule has 0 bridgehead atoms. The van der Waals surface area contributed by atoms with Gasteiger partial charge in [-0.15, -0.1) is 0 Å². The highest BCUT2D eigenvalue weighted by Crippen LogP contribution is 2.55. The van der Waals surface area contributed by atoms with E-state index in [0.717, 1.165) is 12.1 Å². The Balaban J connectivity index is 0.000000288. The normalized spacial score (nSPS) is 25.7. The van der Waals surface area contributed by atoms with Crippen molar-refractivity contribution in [2.75, 3.05) is 14.1 Å². The van der Waals surface area contributed by atoms with Gasteiger partial charge in [0, 0.05) is 5.92 Å². The molecule has 0 unspecified atom stereocenters. The van der Waals surface area contributed by atoms with E-state index < -0.39 is 91.8 Å². The molecule has 1 saturated carbocycles. The molecular formula is C29H28N2O14S. The monoisotopic (exact) mass is 660 g/mol. The number of phenols is 1. The minimum absolute atomic E-state index is 0.124. The highest BCUT2D eigenvalue weighted by Gasteiger charge is 2.68. The van der Waals surface area contributed by atoms with Crippen LogP contribution in [0.4, 0.5) is 0 Å². The van der Waals surface area contributed by atoms with Crippen LogP contribution in [0.15, 0.2) is 65.9 Å². The van der Waals surface area contributed by atoms with Gasteiger partial charge in [0.1, 0.15) is 28.4 Å². The molecule has 1 amide bonds. The summed E-state index contributed by atoms with van der Waals surface area (Å²) in [5.74, 6) is -10.5. The second-order valence-electron chi connectivity index (χ2n) is 10.7. The number of benzene rings is 2. The van der Waals surface area contributed by atoms with E-state index in [1.165, 1.54) is 49.3 Å². The van der Waals surface area contributed by atoms with Gasteiger partial charge in [-0.25, -0.2) is 4.79 Å². The molecule has 0 radical (unpaired) electrons. The number of nitrogens with zero attached hydrogens (tertiary/aromatic N) is 1. The molecule has 5 atom stereocenters. The number of hydrogen-bond acceptors (Lipinski definition) is 13. The number of aliphatic hydroxyl groups excluding tert-OH is 3. The predicted octanol–water partition coefficient (Wildman–Crippen LogP) is -0.0281. The number of carbonyl (C=O) groups is 4. The number of primary amides is 1. The molecule has 2 aromatic rings. The number of aromatic carboxylic acids is 1. The maximum absolute atomic E-state index is 13.6. The van der Waals surface area contributed by atoms with Gasteiger partial charge < -0.3 is 40.6 Å². The molecule has 46 heavy (non-hydrogen) atoms. The van der Waals surface area contributed by atoms with E-state index >= 15 is 0 Å². The Labute approximate surface area is 260 Å². The fourth-order valence-corrected chi connectivity index (χ4v) is 6.41. The molecule has 3 aliphatic rings. The quantitative estimate of drug-likeness (QED) is 0.154. The van der Waals surface area contributed by atoms with E-state index in [1.54, 1.807) is 0 Å². The molecule has 0 spiro atoms. The van der Waals surface area contributed by atoms with Crippen molar-refractivity contribution in [1.29, 1.82) is 0 Å². The first-order chi connectivity index (χ1) is 21.3. The van der Waals surface area contributed by atoms with Crippen LogP contribution in [-0.2, 0) is 24.8 Å². The molecule has 0 saturated heterocycles. The minimum Gasteiger partial charge on any atom is -0.508 e. The number of para-hydroxylation sites is 1. The number of likely N-dealkylation sites (N-methyl/N-ethyl adjacent to an activating group) is 1. The van der Waals surface area contributed by atoms with Crippen molar-refractivity contribution in [3.63, 3.8) is 0 Å². The first-order valence-corrected chi connectivity index (χ1v) is 14.5. The zero-order valence-electron chi connectivity index (χ0n) is 24.0. The first-order valence-electron chi connectivity index (χ1n) is 13.1. The largest absolute Gasteiger partial charge is 0.508 e. The first kappa shape index (κ1) is 33.8. The molecular weight excluding hydrogens is 632 g/mol. The van der Waals surface area contributed by atoms with Crippen molar-refractivity contribution in [2.24, 2.45) is 17.6 Å². The zero-order chi connectivity index (χ0) is 34.6. The van der Waals surface area contributed by atoms with E-state index in [4.69, 9.17) is 15.4 Å². The average Bonchev–Trinajstić information content (AvgIpc) is 2.94. The molecule has 2 aromatic carbocycles. The molecule has 244 valence electrons. The average molecular weight is 661 g/mol. The van der Waals surface area contributed by atoms with Gasteiger partial charge in [0.2, 0.25) is 5.78 Å². The second kappa shape index (κ2) is 11.7. The number of aliphatic hydroxyl groups is 4. The molecule has 0 aromatic heterocycles. The maximum atomic E-state index is 13.6. The number of fused-ring (bicyclic) bond motifs is 3. The maximum Gasteiger partial charge on any atom is 0.446 e. The van der Waals surface area contributed by atoms with Crippen molar-refractivity contribution in [3.8, 4) is 11.5 Å². The third kappa shape index (κ3) is 5.29. The minimum atomic E-state index is -4.70. The standard InChI is InChI=1S/C22H22N2O8.C7H6O6S/c1-7-8-5-4-6-9(25)11(8)16(26)12-10(7)17(27)14-15(24(2)3)18(28)13(21(23)31)20(30)22(14,32)19(12)29;8-7(9)5-3-1-2-4-6(5)13-14(10,11)12/h4-6,10,14-15,17,25-27,30,32H,1H2,2-3H3,(H2,23,31);1-4H,(H,8,9)(H,10,11,12)/t10-,14+,15+,17+,22+;/m1./s1. The Morgan fingerprint density at radius 1 is 1.04 bits per heavy atom. The Morgan fingerprint density at radius 2 is 1.65 bits per heavy atom. The van der Waals surface area contributed by atoms with Crippen LogP contribution in [0.2, 0.25) is 0 Å². The summed E-state index contributed by atoms with van der Waals surface area (Å²) in [6.07, 6.45) is -1.69. The van der Waals surface area contributed by atoms with Gasteiger partial charge in [0.25, 0.3) is 5.91 Å². The van der Waals surface area contributed by atoms with Crippen LogP contribution in [0.25, 0.3) is 11.3 Å². The topological polar surface area (TPSA) is 283 Å². The number of Topliss-reactive ketones (excluding diaryl/α,β-unsaturated/α-hetero) is 2. The Morgan fingerprint density at radius 3 is 2.20 bits per heavy atom. The van der Waals surface area contributed by atoms with Crippen LogP contribution in [0.1, 0.15) is 21.5 Å². The summed E-state index contributed by atoms with van der Waals surface area (Å²) in [4.78, 5) is 50.4. The van der Waals surface area contributed by atoms with E-state index in [-0.39, 0.29) is 28.0 Å². The second-order valence-corrected chi connectivity index (χ2v) is 11.8. The van der Waals surface area contributed by atoms with Crippen molar-refractivity contribution in [3.05, 3.63) is 82.6 Å². The third-order valence-corrected chi connectivity index (χ3v) is 8.31. The van der Waals surface area contributed by atoms with Gasteiger partial charge in [-0.05, 0) is 43.4 Å². The summed E-state index contributed by atoms with van der Waals surface area (Å²) < 4.78 is 33.0. The molecule has 3 aliphatic carbocycles. The number of amides is 1. The number of nitrogens with two attached hydrogens (primary N) is 1. The Hall–Kier alpha value is -5.07. The van der Waals surface area contributed by atoms with Crippen LogP contribution >= 0.6 is 0 Å². The lowest BCUT2D eigenvalue weighted by Gasteiger charge is -2.52. The SMILES string of the molecule is C=C1c2cccc(O)c2C(O)=C2C(=O)[C@]3(O)C(O)=C(C(N)=O)C(=O)[C@@H](N(C)C)[C@H]3[C@@H](O)[C@H]12.O=C(O)c1ccccc1OS(=O)(=O)O. The molecule has 0 aliphatic heterocycles. The molecule has 9 N–H and O–H groups in total. The van der Waals surface area contributed by atoms with Gasteiger partial charge in [0.15, 0.2) is 17.1 Å². The molecule has 5 rings (SSSR count). The van der Waals surface area contributed by atoms with E-state index in [1.807, 2.05) is 0 Å². The Bertz CT molecular complexity index is 1880. The Kier molecular flexibility index (Phi) is 8.60. The third-order valence-electron chi connectivity index (χ3n) is 7.92. The van der Waals surface area contributed by atoms with Crippen LogP contribution in [0.3, 0.4) is 0 Å². The highest BCUT2D eigenvalue weighted by atomic mass is 32.3. The molecule has 1 fully saturated rings. The number of carboxylic acid groups (broad SMARTS) is 1. The van der Waals surface area contributed by atoms with Crippen molar-refractivity contribution in [1.82, 2.24) is 4.90 Å². The smallest absolute Gasteiger partial charge is 0.446 e. The summed E-state index contributed by atoms with van der Waals surface area (Å²) in [5, 5.41) is 63.3. The van der Waals surface area contributed by atoms with Crippen molar-refractivity contribution >= 4 is 45.2 Å². The van der Waals surface area contributed by atoms with Crippen LogP contribution in [0, 0.1) is 11.8 Å². The van der Waals surface area contributed by atoms with E-state index in [2.05, 4.69) is 10.8 Å². The van der Waals surface area contributed by atoms with Gasteiger partial charge in [-0.1, -0.05) is 30.8 Å². The summed E-state index contributed by atoms with van der Waals surface area (Å²) in [6, 6.07) is 7.95. The van der Waals surface area contributed by atoms with Gasteiger partial charge in [-0.3, -0.25) is 23.8 Å².